The minimum atomic E-state index is -4.97. The van der Waals surface area contributed by atoms with Gasteiger partial charge in [-0.2, -0.15) is 13.2 Å². The fourth-order valence-corrected chi connectivity index (χ4v) is 4.94. The van der Waals surface area contributed by atoms with Crippen LogP contribution in [0.1, 0.15) is 11.3 Å². The Morgan fingerprint density at radius 1 is 0.923 bits per heavy atom. The molecule has 1 saturated heterocycles. The van der Waals surface area contributed by atoms with Gasteiger partial charge in [-0.3, -0.25) is 9.69 Å². The van der Waals surface area contributed by atoms with Crippen LogP contribution in [-0.4, -0.2) is 50.4 Å². The van der Waals surface area contributed by atoms with E-state index in [0.29, 0.717) is 31.9 Å². The maximum absolute atomic E-state index is 14.3. The van der Waals surface area contributed by atoms with Crippen molar-refractivity contribution < 1.29 is 32.2 Å². The number of alkyl halides is 3. The highest BCUT2D eigenvalue weighted by Gasteiger charge is 2.40. The molecule has 0 radical (unpaired) electrons. The van der Waals surface area contributed by atoms with Crippen molar-refractivity contribution in [3.8, 4) is 28.4 Å². The molecule has 2 heterocycles. The van der Waals surface area contributed by atoms with Gasteiger partial charge in [0.1, 0.15) is 11.3 Å². The number of hydrogen-bond acceptors (Lipinski definition) is 7. The van der Waals surface area contributed by atoms with Crippen LogP contribution in [0.3, 0.4) is 0 Å². The van der Waals surface area contributed by atoms with Gasteiger partial charge >= 0.3 is 6.18 Å². The Morgan fingerprint density at radius 2 is 1.62 bits per heavy atom. The van der Waals surface area contributed by atoms with E-state index in [1.54, 1.807) is 0 Å². The van der Waals surface area contributed by atoms with Crippen LogP contribution in [0, 0.1) is 0 Å². The SMILES string of the molecule is COc1ccc(-c2c(C(F)(F)F)oc3c(CN4CCN(c5ccccc5)CC4)c(O)ccc3c2=O)cc1OC. The first-order valence-electron chi connectivity index (χ1n) is 12.3. The van der Waals surface area contributed by atoms with Gasteiger partial charge in [-0.25, -0.2) is 0 Å². The molecule has 3 aromatic carbocycles. The van der Waals surface area contributed by atoms with Gasteiger partial charge < -0.3 is 23.9 Å². The summed E-state index contributed by atoms with van der Waals surface area (Å²) in [6.45, 7) is 2.77. The molecule has 10 heteroatoms. The Kier molecular flexibility index (Phi) is 7.14. The summed E-state index contributed by atoms with van der Waals surface area (Å²) in [6.07, 6.45) is -4.97. The summed E-state index contributed by atoms with van der Waals surface area (Å²) >= 11 is 0. The number of para-hydroxylation sites is 1. The number of piperazine rings is 1. The summed E-state index contributed by atoms with van der Waals surface area (Å²) in [5.41, 5.74) is -0.560. The van der Waals surface area contributed by atoms with Gasteiger partial charge in [0, 0.05) is 38.4 Å². The average Bonchev–Trinajstić information content (AvgIpc) is 2.94. The van der Waals surface area contributed by atoms with Crippen LogP contribution in [0.15, 0.2) is 69.9 Å². The number of methoxy groups -OCH3 is 2. The second kappa shape index (κ2) is 10.5. The fourth-order valence-electron chi connectivity index (χ4n) is 4.94. The molecule has 4 aromatic rings. The van der Waals surface area contributed by atoms with Crippen molar-refractivity contribution in [1.29, 1.82) is 0 Å². The molecule has 39 heavy (non-hydrogen) atoms. The summed E-state index contributed by atoms with van der Waals surface area (Å²) in [5, 5.41) is 10.6. The molecule has 1 aliphatic heterocycles. The summed E-state index contributed by atoms with van der Waals surface area (Å²) in [5.74, 6) is -1.20. The first-order chi connectivity index (χ1) is 18.7. The average molecular weight is 541 g/mol. The molecule has 0 amide bonds. The molecular weight excluding hydrogens is 513 g/mol. The Hall–Kier alpha value is -4.18. The van der Waals surface area contributed by atoms with Crippen LogP contribution >= 0.6 is 0 Å². The lowest BCUT2D eigenvalue weighted by Gasteiger charge is -2.36. The van der Waals surface area contributed by atoms with Crippen molar-refractivity contribution in [1.82, 2.24) is 4.90 Å². The van der Waals surface area contributed by atoms with E-state index in [1.165, 1.54) is 44.6 Å². The molecule has 1 fully saturated rings. The number of ether oxygens (including phenoxy) is 2. The first kappa shape index (κ1) is 26.4. The van der Waals surface area contributed by atoms with E-state index < -0.39 is 22.9 Å². The second-order valence-corrected chi connectivity index (χ2v) is 9.24. The zero-order chi connectivity index (χ0) is 27.7. The quantitative estimate of drug-likeness (QED) is 0.345. The van der Waals surface area contributed by atoms with Gasteiger partial charge in [0.05, 0.1) is 30.7 Å². The molecule has 7 nitrogen and oxygen atoms in total. The highest BCUT2D eigenvalue weighted by atomic mass is 19.4. The van der Waals surface area contributed by atoms with Crippen LogP contribution < -0.4 is 19.8 Å². The molecule has 0 bridgehead atoms. The fraction of sp³-hybridized carbons (Fsp3) is 0.276. The normalized spacial score (nSPS) is 14.5. The Morgan fingerprint density at radius 3 is 2.26 bits per heavy atom. The number of hydrogen-bond donors (Lipinski definition) is 1. The Labute approximate surface area is 222 Å². The highest BCUT2D eigenvalue weighted by molar-refractivity contribution is 5.87. The number of fused-ring (bicyclic) bond motifs is 1. The molecule has 0 aliphatic carbocycles. The summed E-state index contributed by atoms with van der Waals surface area (Å²) < 4.78 is 58.8. The largest absolute Gasteiger partial charge is 0.507 e. The monoisotopic (exact) mass is 540 g/mol. The van der Waals surface area contributed by atoms with Gasteiger partial charge in [-0.15, -0.1) is 0 Å². The molecule has 1 aromatic heterocycles. The van der Waals surface area contributed by atoms with E-state index in [2.05, 4.69) is 4.90 Å². The van der Waals surface area contributed by atoms with Crippen molar-refractivity contribution >= 4 is 16.7 Å². The van der Waals surface area contributed by atoms with Crippen LogP contribution in [-0.2, 0) is 12.7 Å². The van der Waals surface area contributed by atoms with Crippen molar-refractivity contribution in [2.45, 2.75) is 12.7 Å². The van der Waals surface area contributed by atoms with E-state index in [1.807, 2.05) is 35.2 Å². The third-order valence-corrected chi connectivity index (χ3v) is 6.94. The number of phenolic OH excluding ortho intramolecular Hbond substituents is 1. The molecule has 0 unspecified atom stereocenters. The van der Waals surface area contributed by atoms with E-state index in [9.17, 15) is 23.1 Å². The van der Waals surface area contributed by atoms with Crippen LogP contribution in [0.5, 0.6) is 17.2 Å². The van der Waals surface area contributed by atoms with Gasteiger partial charge in [-0.1, -0.05) is 24.3 Å². The number of rotatable bonds is 6. The van der Waals surface area contributed by atoms with Crippen LogP contribution in [0.25, 0.3) is 22.1 Å². The van der Waals surface area contributed by atoms with E-state index in [-0.39, 0.29) is 40.1 Å². The zero-order valence-corrected chi connectivity index (χ0v) is 21.4. The first-order valence-corrected chi connectivity index (χ1v) is 12.3. The van der Waals surface area contributed by atoms with Gasteiger partial charge in [0.15, 0.2) is 11.5 Å². The predicted octanol–water partition coefficient (Wildman–Crippen LogP) is 5.52. The van der Waals surface area contributed by atoms with E-state index in [4.69, 9.17) is 13.9 Å². The molecule has 5 rings (SSSR count). The number of benzene rings is 3. The second-order valence-electron chi connectivity index (χ2n) is 9.24. The number of phenols is 1. The summed E-state index contributed by atoms with van der Waals surface area (Å²) in [6, 6.07) is 16.6. The number of anilines is 1. The molecular formula is C29H27F3N2O5. The smallest absolute Gasteiger partial charge is 0.450 e. The van der Waals surface area contributed by atoms with Crippen LogP contribution in [0.4, 0.5) is 18.9 Å². The molecule has 0 saturated carbocycles. The van der Waals surface area contributed by atoms with E-state index >= 15 is 0 Å². The number of halogens is 3. The zero-order valence-electron chi connectivity index (χ0n) is 21.4. The third kappa shape index (κ3) is 5.12. The lowest BCUT2D eigenvalue weighted by Crippen LogP contribution is -2.46. The maximum Gasteiger partial charge on any atom is 0.450 e. The van der Waals surface area contributed by atoms with Crippen molar-refractivity contribution in [3.63, 3.8) is 0 Å². The van der Waals surface area contributed by atoms with Crippen molar-refractivity contribution in [2.75, 3.05) is 45.3 Å². The summed E-state index contributed by atoms with van der Waals surface area (Å²) in [7, 11) is 2.75. The molecule has 0 atom stereocenters. The number of aromatic hydroxyl groups is 1. The van der Waals surface area contributed by atoms with E-state index in [0.717, 1.165) is 5.69 Å². The molecule has 0 spiro atoms. The van der Waals surface area contributed by atoms with Gasteiger partial charge in [-0.05, 0) is 42.0 Å². The maximum atomic E-state index is 14.3. The standard InChI is InChI=1S/C29H27F3N2O5/c1-37-23-11-8-18(16-24(23)38-2)25-26(36)20-9-10-22(35)21(27(20)39-28(25)29(30,31)32)17-33-12-14-34(15-13-33)19-6-4-3-5-7-19/h3-11,16,35H,12-15,17H2,1-2H3. The van der Waals surface area contributed by atoms with Gasteiger partial charge in [0.2, 0.25) is 11.2 Å². The van der Waals surface area contributed by atoms with Crippen molar-refractivity contribution in [2.24, 2.45) is 0 Å². The Bertz CT molecular complexity index is 1550. The highest BCUT2D eigenvalue weighted by Crippen LogP contribution is 2.41. The Balaban J connectivity index is 1.55. The molecule has 1 aliphatic rings. The molecule has 204 valence electrons. The lowest BCUT2D eigenvalue weighted by atomic mass is 9.99. The third-order valence-electron chi connectivity index (χ3n) is 6.94. The topological polar surface area (TPSA) is 75.4 Å². The lowest BCUT2D eigenvalue weighted by molar-refractivity contribution is -0.152. The van der Waals surface area contributed by atoms with Crippen LogP contribution in [0.2, 0.25) is 0 Å². The van der Waals surface area contributed by atoms with Gasteiger partial charge in [0.25, 0.3) is 0 Å². The summed E-state index contributed by atoms with van der Waals surface area (Å²) in [4.78, 5) is 17.8. The predicted molar refractivity (Wildman–Crippen MR) is 142 cm³/mol. The minimum absolute atomic E-state index is 0.0257. The molecule has 1 N–H and O–H groups in total. The van der Waals surface area contributed by atoms with Crippen molar-refractivity contribution in [3.05, 3.63) is 82.2 Å². The number of nitrogens with zero attached hydrogens (tertiary/aromatic N) is 2. The minimum Gasteiger partial charge on any atom is -0.507 e.